The van der Waals surface area contributed by atoms with Gasteiger partial charge in [0.05, 0.1) is 0 Å². The topological polar surface area (TPSA) is 46.5 Å². The van der Waals surface area contributed by atoms with Gasteiger partial charge >= 0.3 is 0 Å². The minimum atomic E-state index is 0.332. The van der Waals surface area contributed by atoms with Crippen LogP contribution < -0.4 is 0 Å². The summed E-state index contributed by atoms with van der Waals surface area (Å²) >= 11 is 7.32. The first-order chi connectivity index (χ1) is 9.24. The van der Waals surface area contributed by atoms with Crippen molar-refractivity contribution in [1.29, 1.82) is 0 Å². The van der Waals surface area contributed by atoms with Crippen LogP contribution in [-0.2, 0) is 6.54 Å². The average Bonchev–Trinajstić information content (AvgIpc) is 2.76. The lowest BCUT2D eigenvalue weighted by atomic mass is 9.84. The standard InChI is InChI=1S/C13H16N4S2/c1-19-13(5-3-6-13)9-17-11(15-16-12(17)18)10-4-2-7-14-8-10/h2,4,7-8H,3,5-6,9H2,1H3,(H,16,18). The molecule has 2 aromatic heterocycles. The van der Waals surface area contributed by atoms with Gasteiger partial charge in [-0.15, -0.1) is 0 Å². The number of rotatable bonds is 4. The number of nitrogens with zero attached hydrogens (tertiary/aromatic N) is 3. The molecule has 0 radical (unpaired) electrons. The molecule has 1 fully saturated rings. The Morgan fingerprint density at radius 2 is 2.37 bits per heavy atom. The van der Waals surface area contributed by atoms with E-state index in [4.69, 9.17) is 12.2 Å². The van der Waals surface area contributed by atoms with E-state index in [0.717, 1.165) is 17.9 Å². The predicted molar refractivity (Wildman–Crippen MR) is 80.7 cm³/mol. The zero-order chi connectivity index (χ0) is 13.3. The second-order valence-corrected chi connectivity index (χ2v) is 6.58. The summed E-state index contributed by atoms with van der Waals surface area (Å²) in [5, 5.41) is 7.27. The summed E-state index contributed by atoms with van der Waals surface area (Å²) in [5.41, 5.74) is 1.01. The molecule has 0 spiro atoms. The van der Waals surface area contributed by atoms with Crippen molar-refractivity contribution in [2.45, 2.75) is 30.6 Å². The van der Waals surface area contributed by atoms with Crippen molar-refractivity contribution < 1.29 is 0 Å². The molecule has 6 heteroatoms. The SMILES string of the molecule is CSC1(Cn2c(-c3cccnc3)n[nH]c2=S)CCC1. The van der Waals surface area contributed by atoms with Crippen molar-refractivity contribution in [3.8, 4) is 11.4 Å². The van der Waals surface area contributed by atoms with E-state index in [1.54, 1.807) is 6.20 Å². The van der Waals surface area contributed by atoms with Gasteiger partial charge in [-0.1, -0.05) is 6.42 Å². The molecule has 1 saturated carbocycles. The number of thioether (sulfide) groups is 1. The van der Waals surface area contributed by atoms with Crippen LogP contribution in [0.5, 0.6) is 0 Å². The number of aromatic amines is 1. The number of aromatic nitrogens is 4. The van der Waals surface area contributed by atoms with Gasteiger partial charge < -0.3 is 0 Å². The van der Waals surface area contributed by atoms with Crippen LogP contribution in [0.15, 0.2) is 24.5 Å². The first-order valence-corrected chi connectivity index (χ1v) is 7.98. The Hall–Kier alpha value is -1.14. The Labute approximate surface area is 121 Å². The fraction of sp³-hybridized carbons (Fsp3) is 0.462. The number of nitrogens with one attached hydrogen (secondary N) is 1. The molecule has 0 amide bonds. The third-order valence-corrected chi connectivity index (χ3v) is 5.54. The first kappa shape index (κ1) is 12.9. The Balaban J connectivity index is 1.98. The second-order valence-electron chi connectivity index (χ2n) is 4.92. The van der Waals surface area contributed by atoms with E-state index in [1.165, 1.54) is 19.3 Å². The van der Waals surface area contributed by atoms with Crippen LogP contribution in [-0.4, -0.2) is 30.8 Å². The number of hydrogen-bond donors (Lipinski definition) is 1. The molecule has 4 nitrogen and oxygen atoms in total. The van der Waals surface area contributed by atoms with Crippen LogP contribution in [0.4, 0.5) is 0 Å². The van der Waals surface area contributed by atoms with Gasteiger partial charge in [-0.2, -0.15) is 16.9 Å². The van der Waals surface area contributed by atoms with Crippen molar-refractivity contribution in [3.05, 3.63) is 29.3 Å². The second kappa shape index (κ2) is 5.09. The molecular formula is C13H16N4S2. The highest BCUT2D eigenvalue weighted by Gasteiger charge is 2.37. The highest BCUT2D eigenvalue weighted by molar-refractivity contribution is 8.00. The van der Waals surface area contributed by atoms with Crippen molar-refractivity contribution in [3.63, 3.8) is 0 Å². The molecule has 2 aromatic rings. The number of hydrogen-bond acceptors (Lipinski definition) is 4. The third-order valence-electron chi connectivity index (χ3n) is 3.82. The molecule has 100 valence electrons. The minimum absolute atomic E-state index is 0.332. The lowest BCUT2D eigenvalue weighted by molar-refractivity contribution is 0.321. The van der Waals surface area contributed by atoms with Gasteiger partial charge in [0.2, 0.25) is 0 Å². The van der Waals surface area contributed by atoms with E-state index in [1.807, 2.05) is 30.1 Å². The molecule has 3 rings (SSSR count). The number of pyridine rings is 1. The normalized spacial score (nSPS) is 17.1. The Bertz CT molecular complexity index is 608. The fourth-order valence-corrected chi connectivity index (χ4v) is 3.62. The van der Waals surface area contributed by atoms with Crippen LogP contribution in [0, 0.1) is 4.77 Å². The zero-order valence-electron chi connectivity index (χ0n) is 10.8. The van der Waals surface area contributed by atoms with E-state index in [2.05, 4.69) is 26.0 Å². The summed E-state index contributed by atoms with van der Waals surface area (Å²) in [6.07, 6.45) is 9.61. The van der Waals surface area contributed by atoms with Crippen LogP contribution in [0.25, 0.3) is 11.4 Å². The maximum absolute atomic E-state index is 5.38. The van der Waals surface area contributed by atoms with Gasteiger partial charge in [-0.05, 0) is 43.4 Å². The van der Waals surface area contributed by atoms with Crippen molar-refractivity contribution in [2.75, 3.05) is 6.26 Å². The van der Waals surface area contributed by atoms with Crippen LogP contribution >= 0.6 is 24.0 Å². The highest BCUT2D eigenvalue weighted by atomic mass is 32.2. The Morgan fingerprint density at radius 1 is 1.53 bits per heavy atom. The van der Waals surface area contributed by atoms with Crippen molar-refractivity contribution in [2.24, 2.45) is 0 Å². The van der Waals surface area contributed by atoms with Crippen LogP contribution in [0.1, 0.15) is 19.3 Å². The summed E-state index contributed by atoms with van der Waals surface area (Å²) in [7, 11) is 0. The maximum Gasteiger partial charge on any atom is 0.195 e. The summed E-state index contributed by atoms with van der Waals surface area (Å²) in [5.74, 6) is 0.887. The molecule has 0 atom stereocenters. The quantitative estimate of drug-likeness (QED) is 0.878. The predicted octanol–water partition coefficient (Wildman–Crippen LogP) is 3.29. The molecule has 0 aliphatic heterocycles. The van der Waals surface area contributed by atoms with Gasteiger partial charge in [0.1, 0.15) is 0 Å². The fourth-order valence-electron chi connectivity index (χ4n) is 2.47. The molecule has 0 saturated heterocycles. The van der Waals surface area contributed by atoms with Crippen molar-refractivity contribution >= 4 is 24.0 Å². The molecule has 0 aromatic carbocycles. The van der Waals surface area contributed by atoms with Gasteiger partial charge in [0.25, 0.3) is 0 Å². The smallest absolute Gasteiger partial charge is 0.195 e. The molecule has 1 aliphatic carbocycles. The molecule has 1 aliphatic rings. The molecule has 0 bridgehead atoms. The summed E-state index contributed by atoms with van der Waals surface area (Å²) in [6, 6.07) is 3.94. The minimum Gasteiger partial charge on any atom is -0.299 e. The lowest BCUT2D eigenvalue weighted by Gasteiger charge is -2.40. The summed E-state index contributed by atoms with van der Waals surface area (Å²) in [6.45, 7) is 0.924. The molecule has 2 heterocycles. The van der Waals surface area contributed by atoms with E-state index in [0.29, 0.717) is 9.52 Å². The van der Waals surface area contributed by atoms with E-state index < -0.39 is 0 Å². The summed E-state index contributed by atoms with van der Waals surface area (Å²) < 4.78 is 3.14. The average molecular weight is 292 g/mol. The van der Waals surface area contributed by atoms with E-state index in [-0.39, 0.29) is 0 Å². The van der Waals surface area contributed by atoms with E-state index >= 15 is 0 Å². The van der Waals surface area contributed by atoms with Gasteiger partial charge in [-0.25, -0.2) is 0 Å². The van der Waals surface area contributed by atoms with Gasteiger partial charge in [0, 0.05) is 29.2 Å². The van der Waals surface area contributed by atoms with Crippen LogP contribution in [0.3, 0.4) is 0 Å². The monoisotopic (exact) mass is 292 g/mol. The molecule has 19 heavy (non-hydrogen) atoms. The number of H-pyrrole nitrogens is 1. The highest BCUT2D eigenvalue weighted by Crippen LogP contribution is 2.44. The first-order valence-electron chi connectivity index (χ1n) is 6.35. The Kier molecular flexibility index (Phi) is 3.45. The lowest BCUT2D eigenvalue weighted by Crippen LogP contribution is -2.38. The molecular weight excluding hydrogens is 276 g/mol. The third kappa shape index (κ3) is 2.34. The van der Waals surface area contributed by atoms with Gasteiger partial charge in [0.15, 0.2) is 10.6 Å². The van der Waals surface area contributed by atoms with E-state index in [9.17, 15) is 0 Å². The molecule has 1 N–H and O–H groups in total. The van der Waals surface area contributed by atoms with Gasteiger partial charge in [-0.3, -0.25) is 14.6 Å². The zero-order valence-corrected chi connectivity index (χ0v) is 12.4. The van der Waals surface area contributed by atoms with Crippen molar-refractivity contribution in [1.82, 2.24) is 19.7 Å². The largest absolute Gasteiger partial charge is 0.299 e. The summed E-state index contributed by atoms with van der Waals surface area (Å²) in [4.78, 5) is 4.16. The molecule has 0 unspecified atom stereocenters. The Morgan fingerprint density at radius 3 is 2.95 bits per heavy atom. The maximum atomic E-state index is 5.38. The van der Waals surface area contributed by atoms with Crippen LogP contribution in [0.2, 0.25) is 0 Å².